The molecule has 20 heavy (non-hydrogen) atoms. The minimum atomic E-state index is 0.511. The van der Waals surface area contributed by atoms with E-state index in [2.05, 4.69) is 15.3 Å². The third-order valence-corrected chi connectivity index (χ3v) is 2.47. The standard InChI is InChI=1S/C14H18N4O2/c1-2-19-14-9-13(17-10-18-14)16-6-7-20-12-5-3-4-11(15)8-12/h3-5,8-10H,2,6-7,15H2,1H3,(H,16,17,18). The van der Waals surface area contributed by atoms with Crippen LogP contribution < -0.4 is 20.5 Å². The highest BCUT2D eigenvalue weighted by molar-refractivity contribution is 5.43. The molecule has 3 N–H and O–H groups in total. The number of nitrogens with two attached hydrogens (primary N) is 1. The largest absolute Gasteiger partial charge is 0.492 e. The Bertz CT molecular complexity index is 548. The van der Waals surface area contributed by atoms with Crippen molar-refractivity contribution >= 4 is 11.5 Å². The summed E-state index contributed by atoms with van der Waals surface area (Å²) < 4.78 is 10.9. The van der Waals surface area contributed by atoms with Crippen molar-refractivity contribution in [2.45, 2.75) is 6.92 Å². The van der Waals surface area contributed by atoms with Crippen molar-refractivity contribution in [2.75, 3.05) is 30.8 Å². The molecule has 1 heterocycles. The monoisotopic (exact) mass is 274 g/mol. The van der Waals surface area contributed by atoms with E-state index in [0.29, 0.717) is 37.1 Å². The lowest BCUT2D eigenvalue weighted by Crippen LogP contribution is -2.12. The molecular formula is C14H18N4O2. The molecule has 0 spiro atoms. The number of anilines is 2. The van der Waals surface area contributed by atoms with E-state index in [0.717, 1.165) is 5.75 Å². The smallest absolute Gasteiger partial charge is 0.218 e. The highest BCUT2D eigenvalue weighted by Gasteiger charge is 1.99. The van der Waals surface area contributed by atoms with Gasteiger partial charge in [0.1, 0.15) is 24.5 Å². The van der Waals surface area contributed by atoms with Gasteiger partial charge in [-0.15, -0.1) is 0 Å². The Morgan fingerprint density at radius 3 is 2.90 bits per heavy atom. The summed E-state index contributed by atoms with van der Waals surface area (Å²) >= 11 is 0. The summed E-state index contributed by atoms with van der Waals surface area (Å²) in [6.07, 6.45) is 1.46. The SMILES string of the molecule is CCOc1cc(NCCOc2cccc(N)c2)ncn1. The van der Waals surface area contributed by atoms with E-state index in [1.165, 1.54) is 6.33 Å². The highest BCUT2D eigenvalue weighted by Crippen LogP contribution is 2.14. The maximum absolute atomic E-state index is 5.67. The molecule has 0 aliphatic carbocycles. The second-order valence-corrected chi connectivity index (χ2v) is 4.02. The molecule has 2 aromatic rings. The van der Waals surface area contributed by atoms with Crippen LogP contribution in [0.4, 0.5) is 11.5 Å². The van der Waals surface area contributed by atoms with Crippen LogP contribution in [0.15, 0.2) is 36.7 Å². The summed E-state index contributed by atoms with van der Waals surface area (Å²) in [7, 11) is 0. The van der Waals surface area contributed by atoms with Gasteiger partial charge in [0.25, 0.3) is 0 Å². The maximum Gasteiger partial charge on any atom is 0.218 e. The first kappa shape index (κ1) is 13.9. The van der Waals surface area contributed by atoms with Crippen molar-refractivity contribution in [1.82, 2.24) is 9.97 Å². The average Bonchev–Trinajstić information content (AvgIpc) is 2.45. The van der Waals surface area contributed by atoms with Crippen molar-refractivity contribution in [2.24, 2.45) is 0 Å². The van der Waals surface area contributed by atoms with Gasteiger partial charge >= 0.3 is 0 Å². The number of hydrogen-bond acceptors (Lipinski definition) is 6. The van der Waals surface area contributed by atoms with E-state index in [-0.39, 0.29) is 0 Å². The van der Waals surface area contributed by atoms with Crippen LogP contribution in [0.1, 0.15) is 6.92 Å². The number of ether oxygens (including phenoxy) is 2. The molecule has 0 saturated heterocycles. The van der Waals surface area contributed by atoms with Crippen LogP contribution in [0.2, 0.25) is 0 Å². The minimum Gasteiger partial charge on any atom is -0.492 e. The molecule has 1 aromatic heterocycles. The molecule has 0 atom stereocenters. The summed E-state index contributed by atoms with van der Waals surface area (Å²) in [6, 6.07) is 9.09. The fourth-order valence-electron chi connectivity index (χ4n) is 1.62. The molecule has 0 saturated carbocycles. The highest BCUT2D eigenvalue weighted by atomic mass is 16.5. The van der Waals surface area contributed by atoms with Crippen molar-refractivity contribution in [3.8, 4) is 11.6 Å². The topological polar surface area (TPSA) is 82.3 Å². The van der Waals surface area contributed by atoms with Crippen LogP contribution in [0.3, 0.4) is 0 Å². The molecule has 0 fully saturated rings. The van der Waals surface area contributed by atoms with Crippen LogP contribution in [-0.2, 0) is 0 Å². The molecule has 0 amide bonds. The number of nitrogen functional groups attached to an aromatic ring is 1. The van der Waals surface area contributed by atoms with Gasteiger partial charge in [-0.2, -0.15) is 0 Å². The Labute approximate surface area is 118 Å². The number of aromatic nitrogens is 2. The summed E-state index contributed by atoms with van der Waals surface area (Å²) in [6.45, 7) is 3.62. The molecule has 0 aliphatic heterocycles. The quantitative estimate of drug-likeness (QED) is 0.593. The lowest BCUT2D eigenvalue weighted by atomic mass is 10.3. The fourth-order valence-corrected chi connectivity index (χ4v) is 1.62. The third-order valence-electron chi connectivity index (χ3n) is 2.47. The van der Waals surface area contributed by atoms with Crippen molar-refractivity contribution in [3.63, 3.8) is 0 Å². The molecule has 2 rings (SSSR count). The first-order valence-corrected chi connectivity index (χ1v) is 6.45. The van der Waals surface area contributed by atoms with Gasteiger partial charge in [-0.25, -0.2) is 9.97 Å². The first-order valence-electron chi connectivity index (χ1n) is 6.45. The molecular weight excluding hydrogens is 256 g/mol. The van der Waals surface area contributed by atoms with Gasteiger partial charge in [-0.1, -0.05) is 6.07 Å². The summed E-state index contributed by atoms with van der Waals surface area (Å²) in [4.78, 5) is 8.10. The zero-order valence-electron chi connectivity index (χ0n) is 11.4. The second-order valence-electron chi connectivity index (χ2n) is 4.02. The predicted octanol–water partition coefficient (Wildman–Crippen LogP) is 1.95. The Morgan fingerprint density at radius 1 is 1.20 bits per heavy atom. The fraction of sp³-hybridized carbons (Fsp3) is 0.286. The normalized spacial score (nSPS) is 10.1. The zero-order chi connectivity index (χ0) is 14.2. The molecule has 0 aliphatic rings. The summed E-state index contributed by atoms with van der Waals surface area (Å²) in [5, 5.41) is 3.14. The van der Waals surface area contributed by atoms with E-state index in [9.17, 15) is 0 Å². The first-order chi connectivity index (χ1) is 9.78. The van der Waals surface area contributed by atoms with E-state index in [1.54, 1.807) is 12.1 Å². The molecule has 106 valence electrons. The Balaban J connectivity index is 1.77. The van der Waals surface area contributed by atoms with Crippen LogP contribution in [0.5, 0.6) is 11.6 Å². The Kier molecular flexibility index (Phi) is 5.00. The Morgan fingerprint density at radius 2 is 2.10 bits per heavy atom. The van der Waals surface area contributed by atoms with Crippen LogP contribution >= 0.6 is 0 Å². The lowest BCUT2D eigenvalue weighted by Gasteiger charge is -2.09. The van der Waals surface area contributed by atoms with E-state index in [1.807, 2.05) is 25.1 Å². The zero-order valence-corrected chi connectivity index (χ0v) is 11.4. The van der Waals surface area contributed by atoms with Crippen LogP contribution in [0.25, 0.3) is 0 Å². The summed E-state index contributed by atoms with van der Waals surface area (Å²) in [5.74, 6) is 2.02. The number of rotatable bonds is 7. The molecule has 0 unspecified atom stereocenters. The van der Waals surface area contributed by atoms with E-state index < -0.39 is 0 Å². The second kappa shape index (κ2) is 7.18. The number of nitrogens with zero attached hydrogens (tertiary/aromatic N) is 2. The van der Waals surface area contributed by atoms with Gasteiger partial charge in [-0.3, -0.25) is 0 Å². The predicted molar refractivity (Wildman–Crippen MR) is 78.0 cm³/mol. The molecule has 6 heteroatoms. The van der Waals surface area contributed by atoms with E-state index in [4.69, 9.17) is 15.2 Å². The maximum atomic E-state index is 5.67. The molecule has 0 radical (unpaired) electrons. The van der Waals surface area contributed by atoms with Crippen molar-refractivity contribution < 1.29 is 9.47 Å². The number of benzene rings is 1. The Hall–Kier alpha value is -2.50. The van der Waals surface area contributed by atoms with Gasteiger partial charge in [0.15, 0.2) is 0 Å². The third kappa shape index (κ3) is 4.31. The van der Waals surface area contributed by atoms with Crippen LogP contribution in [-0.4, -0.2) is 29.7 Å². The molecule has 6 nitrogen and oxygen atoms in total. The number of hydrogen-bond donors (Lipinski definition) is 2. The molecule has 0 bridgehead atoms. The lowest BCUT2D eigenvalue weighted by molar-refractivity contribution is 0.325. The van der Waals surface area contributed by atoms with Gasteiger partial charge in [0.05, 0.1) is 13.2 Å². The van der Waals surface area contributed by atoms with Gasteiger partial charge in [0.2, 0.25) is 5.88 Å². The van der Waals surface area contributed by atoms with Gasteiger partial charge in [0, 0.05) is 17.8 Å². The van der Waals surface area contributed by atoms with Gasteiger partial charge in [-0.05, 0) is 19.1 Å². The van der Waals surface area contributed by atoms with Crippen LogP contribution in [0, 0.1) is 0 Å². The van der Waals surface area contributed by atoms with Gasteiger partial charge < -0.3 is 20.5 Å². The van der Waals surface area contributed by atoms with E-state index >= 15 is 0 Å². The minimum absolute atomic E-state index is 0.511. The summed E-state index contributed by atoms with van der Waals surface area (Å²) in [5.41, 5.74) is 6.36. The average molecular weight is 274 g/mol. The number of nitrogens with one attached hydrogen (secondary N) is 1. The van der Waals surface area contributed by atoms with Crippen molar-refractivity contribution in [1.29, 1.82) is 0 Å². The molecule has 1 aromatic carbocycles. The van der Waals surface area contributed by atoms with Crippen molar-refractivity contribution in [3.05, 3.63) is 36.7 Å².